The van der Waals surface area contributed by atoms with E-state index in [9.17, 15) is 9.59 Å². The van der Waals surface area contributed by atoms with Gasteiger partial charge in [0, 0.05) is 11.1 Å². The Morgan fingerprint density at radius 1 is 1.33 bits per heavy atom. The molecule has 0 aliphatic rings. The van der Waals surface area contributed by atoms with Crippen LogP contribution in [0.1, 0.15) is 10.4 Å². The number of benzene rings is 1. The average molecular weight is 249 g/mol. The molecule has 1 aromatic carbocycles. The topological polar surface area (TPSA) is 63.6 Å². The number of ketones is 1. The van der Waals surface area contributed by atoms with Crippen molar-refractivity contribution in [2.75, 3.05) is 7.11 Å². The van der Waals surface area contributed by atoms with Gasteiger partial charge in [-0.25, -0.2) is 4.79 Å². The minimum absolute atomic E-state index is 0.0608. The number of carboxylic acid groups (broad SMARTS) is 1. The smallest absolute Gasteiger partial charge is 0.377 e. The molecule has 0 aliphatic heterocycles. The molecule has 0 spiro atoms. The largest absolute Gasteiger partial charge is 0.495 e. The van der Waals surface area contributed by atoms with E-state index < -0.39 is 11.8 Å². The third-order valence-electron chi connectivity index (χ3n) is 1.66. The number of rotatable bonds is 3. The van der Waals surface area contributed by atoms with Gasteiger partial charge in [0.2, 0.25) is 0 Å². The first-order valence-electron chi connectivity index (χ1n) is 3.78. The standard InChI is InChI=1S/C9H6Cl2O4/c1-15-6-3-4(10)2-5(7(6)11)8(12)9(13)14/h2-3H,1H3,(H,13,14). The summed E-state index contributed by atoms with van der Waals surface area (Å²) in [6.45, 7) is 0. The van der Waals surface area contributed by atoms with Crippen molar-refractivity contribution < 1.29 is 19.4 Å². The van der Waals surface area contributed by atoms with Crippen LogP contribution in [0.25, 0.3) is 0 Å². The Bertz CT molecular complexity index is 428. The first-order chi connectivity index (χ1) is 6.97. The second-order valence-corrected chi connectivity index (χ2v) is 3.42. The SMILES string of the molecule is COc1cc(Cl)cc(C(=O)C(=O)O)c1Cl. The van der Waals surface area contributed by atoms with Crippen LogP contribution in [0, 0.1) is 0 Å². The molecule has 0 aliphatic carbocycles. The normalized spacial score (nSPS) is 9.80. The van der Waals surface area contributed by atoms with Gasteiger partial charge in [-0.15, -0.1) is 0 Å². The van der Waals surface area contributed by atoms with Gasteiger partial charge in [-0.2, -0.15) is 0 Å². The molecule has 15 heavy (non-hydrogen) atoms. The van der Waals surface area contributed by atoms with Crippen molar-refractivity contribution in [3.63, 3.8) is 0 Å². The third kappa shape index (κ3) is 2.40. The van der Waals surface area contributed by atoms with Crippen molar-refractivity contribution >= 4 is 35.0 Å². The highest BCUT2D eigenvalue weighted by molar-refractivity contribution is 6.46. The molecule has 0 atom stereocenters. The van der Waals surface area contributed by atoms with Crippen LogP contribution in [0.3, 0.4) is 0 Å². The first kappa shape index (κ1) is 11.8. The monoisotopic (exact) mass is 248 g/mol. The van der Waals surface area contributed by atoms with Crippen molar-refractivity contribution in [2.45, 2.75) is 0 Å². The van der Waals surface area contributed by atoms with Gasteiger partial charge in [0.1, 0.15) is 5.75 Å². The van der Waals surface area contributed by atoms with E-state index in [1.165, 1.54) is 19.2 Å². The predicted octanol–water partition coefficient (Wildman–Crippen LogP) is 2.27. The average Bonchev–Trinajstić information content (AvgIpc) is 2.19. The number of methoxy groups -OCH3 is 1. The van der Waals surface area contributed by atoms with Crippen LogP contribution in [-0.2, 0) is 4.79 Å². The summed E-state index contributed by atoms with van der Waals surface area (Å²) in [5.41, 5.74) is -0.187. The van der Waals surface area contributed by atoms with Gasteiger partial charge in [-0.1, -0.05) is 23.2 Å². The Hall–Kier alpha value is -1.26. The summed E-state index contributed by atoms with van der Waals surface area (Å²) < 4.78 is 4.83. The molecule has 6 heteroatoms. The van der Waals surface area contributed by atoms with Gasteiger partial charge in [0.15, 0.2) is 0 Å². The van der Waals surface area contributed by atoms with Gasteiger partial charge in [-0.05, 0) is 6.07 Å². The molecule has 0 aromatic heterocycles. The predicted molar refractivity (Wildman–Crippen MR) is 55.0 cm³/mol. The molecule has 0 unspecified atom stereocenters. The van der Waals surface area contributed by atoms with Crippen LogP contribution in [0.5, 0.6) is 5.75 Å². The fourth-order valence-electron chi connectivity index (χ4n) is 0.993. The Kier molecular flexibility index (Phi) is 3.55. The summed E-state index contributed by atoms with van der Waals surface area (Å²) in [7, 11) is 1.34. The lowest BCUT2D eigenvalue weighted by atomic mass is 10.1. The van der Waals surface area contributed by atoms with Crippen molar-refractivity contribution in [3.05, 3.63) is 27.7 Å². The molecular weight excluding hydrogens is 243 g/mol. The number of carbonyl (C=O) groups excluding carboxylic acids is 1. The van der Waals surface area contributed by atoms with Crippen LogP contribution in [0.2, 0.25) is 10.0 Å². The highest BCUT2D eigenvalue weighted by Crippen LogP contribution is 2.32. The summed E-state index contributed by atoms with van der Waals surface area (Å²) >= 11 is 11.4. The van der Waals surface area contributed by atoms with Crippen LogP contribution < -0.4 is 4.74 Å². The molecular formula is C9H6Cl2O4. The van der Waals surface area contributed by atoms with Gasteiger partial charge < -0.3 is 9.84 Å². The van der Waals surface area contributed by atoms with Crippen LogP contribution >= 0.6 is 23.2 Å². The van der Waals surface area contributed by atoms with E-state index in [1.54, 1.807) is 0 Å². The maximum absolute atomic E-state index is 11.2. The summed E-state index contributed by atoms with van der Waals surface area (Å²) in [4.78, 5) is 21.7. The lowest BCUT2D eigenvalue weighted by molar-refractivity contribution is -0.131. The molecule has 1 rings (SSSR count). The van der Waals surface area contributed by atoms with Crippen molar-refractivity contribution in [2.24, 2.45) is 0 Å². The van der Waals surface area contributed by atoms with Gasteiger partial charge in [0.05, 0.1) is 17.7 Å². The van der Waals surface area contributed by atoms with Gasteiger partial charge >= 0.3 is 5.97 Å². The number of ether oxygens (including phenoxy) is 1. The fourth-order valence-corrected chi connectivity index (χ4v) is 1.47. The van der Waals surface area contributed by atoms with Crippen LogP contribution in [-0.4, -0.2) is 24.0 Å². The summed E-state index contributed by atoms with van der Waals surface area (Å²) in [5, 5.41) is 8.64. The lowest BCUT2D eigenvalue weighted by Gasteiger charge is -2.06. The Balaban J connectivity index is 3.35. The molecule has 0 bridgehead atoms. The molecule has 80 valence electrons. The van der Waals surface area contributed by atoms with Crippen molar-refractivity contribution in [1.82, 2.24) is 0 Å². The zero-order valence-electron chi connectivity index (χ0n) is 7.58. The molecule has 0 heterocycles. The molecule has 0 saturated carbocycles. The van der Waals surface area contributed by atoms with Crippen molar-refractivity contribution in [1.29, 1.82) is 0 Å². The summed E-state index contributed by atoms with van der Waals surface area (Å²) in [6, 6.07) is 2.57. The van der Waals surface area contributed by atoms with E-state index in [4.69, 9.17) is 33.0 Å². The molecule has 0 amide bonds. The molecule has 0 fully saturated rings. The minimum atomic E-state index is -1.60. The van der Waals surface area contributed by atoms with Crippen LogP contribution in [0.4, 0.5) is 0 Å². The maximum atomic E-state index is 11.2. The van der Waals surface area contributed by atoms with E-state index in [0.717, 1.165) is 0 Å². The van der Waals surface area contributed by atoms with E-state index in [-0.39, 0.29) is 21.4 Å². The van der Waals surface area contributed by atoms with E-state index in [1.807, 2.05) is 0 Å². The number of carboxylic acids is 1. The Labute approximate surface area is 95.4 Å². The Morgan fingerprint density at radius 2 is 1.93 bits per heavy atom. The zero-order valence-corrected chi connectivity index (χ0v) is 9.09. The summed E-state index contributed by atoms with van der Waals surface area (Å²) in [6.07, 6.45) is 0. The fraction of sp³-hybridized carbons (Fsp3) is 0.111. The van der Waals surface area contributed by atoms with Gasteiger partial charge in [0.25, 0.3) is 5.78 Å². The number of hydrogen-bond acceptors (Lipinski definition) is 3. The molecule has 4 nitrogen and oxygen atoms in total. The Morgan fingerprint density at radius 3 is 2.40 bits per heavy atom. The highest BCUT2D eigenvalue weighted by Gasteiger charge is 2.21. The highest BCUT2D eigenvalue weighted by atomic mass is 35.5. The van der Waals surface area contributed by atoms with E-state index >= 15 is 0 Å². The molecule has 1 N–H and O–H groups in total. The number of Topliss-reactive ketones (excluding diaryl/α,β-unsaturated/α-hetero) is 1. The molecule has 0 radical (unpaired) electrons. The minimum Gasteiger partial charge on any atom is -0.495 e. The molecule has 1 aromatic rings. The molecule has 0 saturated heterocycles. The first-order valence-corrected chi connectivity index (χ1v) is 4.53. The third-order valence-corrected chi connectivity index (χ3v) is 2.27. The second-order valence-electron chi connectivity index (χ2n) is 2.60. The van der Waals surface area contributed by atoms with Crippen LogP contribution in [0.15, 0.2) is 12.1 Å². The van der Waals surface area contributed by atoms with E-state index in [0.29, 0.717) is 0 Å². The maximum Gasteiger partial charge on any atom is 0.377 e. The van der Waals surface area contributed by atoms with Crippen molar-refractivity contribution in [3.8, 4) is 5.75 Å². The zero-order chi connectivity index (χ0) is 11.6. The second kappa shape index (κ2) is 4.51. The number of hydrogen-bond donors (Lipinski definition) is 1. The van der Waals surface area contributed by atoms with Gasteiger partial charge in [-0.3, -0.25) is 4.79 Å². The quantitative estimate of drug-likeness (QED) is 0.659. The number of aliphatic carboxylic acids is 1. The summed E-state index contributed by atoms with van der Waals surface area (Å²) in [5.74, 6) is -2.56. The number of halogens is 2. The lowest BCUT2D eigenvalue weighted by Crippen LogP contribution is -2.13. The van der Waals surface area contributed by atoms with E-state index in [2.05, 4.69) is 0 Å². The number of carbonyl (C=O) groups is 2.